The molecule has 1 aliphatic carbocycles. The van der Waals surface area contributed by atoms with Crippen molar-refractivity contribution < 1.29 is 9.66 Å². The Kier molecular flexibility index (Phi) is 5.24. The maximum atomic E-state index is 11.8. The highest BCUT2D eigenvalue weighted by molar-refractivity contribution is 5.93. The van der Waals surface area contributed by atoms with Crippen LogP contribution < -0.4 is 15.4 Å². The number of benzene rings is 3. The number of anilines is 2. The predicted octanol–water partition coefficient (Wildman–Crippen LogP) is 4.89. The zero-order valence-corrected chi connectivity index (χ0v) is 18.6. The number of aromatic nitrogens is 2. The quantitative estimate of drug-likeness (QED) is 0.247. The van der Waals surface area contributed by atoms with Crippen molar-refractivity contribution in [1.82, 2.24) is 15.3 Å². The topological polar surface area (TPSA) is 102 Å². The lowest BCUT2D eigenvalue weighted by molar-refractivity contribution is -0.385. The minimum Gasteiger partial charge on any atom is -0.457 e. The van der Waals surface area contributed by atoms with E-state index in [0.29, 0.717) is 45.8 Å². The molecule has 0 bridgehead atoms. The van der Waals surface area contributed by atoms with Crippen molar-refractivity contribution in [2.75, 3.05) is 18.4 Å². The summed E-state index contributed by atoms with van der Waals surface area (Å²) in [5.74, 6) is 9.71. The average molecular weight is 463 g/mol. The van der Waals surface area contributed by atoms with Crippen molar-refractivity contribution in [3.05, 3.63) is 88.7 Å². The van der Waals surface area contributed by atoms with Crippen LogP contribution in [0.5, 0.6) is 11.5 Å². The second-order valence-corrected chi connectivity index (χ2v) is 8.71. The van der Waals surface area contributed by atoms with Crippen molar-refractivity contribution in [2.45, 2.75) is 0 Å². The van der Waals surface area contributed by atoms with Gasteiger partial charge in [0.25, 0.3) is 5.69 Å². The van der Waals surface area contributed by atoms with Gasteiger partial charge in [-0.15, -0.1) is 0 Å². The van der Waals surface area contributed by atoms with Gasteiger partial charge in [-0.05, 0) is 67.4 Å². The molecule has 6 rings (SSSR count). The molecule has 4 aromatic rings. The first-order valence-electron chi connectivity index (χ1n) is 11.4. The Morgan fingerprint density at radius 3 is 2.49 bits per heavy atom. The van der Waals surface area contributed by atoms with Gasteiger partial charge in [0.15, 0.2) is 0 Å². The molecule has 3 aromatic carbocycles. The Bertz CT molecular complexity index is 1470. The highest BCUT2D eigenvalue weighted by Crippen LogP contribution is 2.48. The number of rotatable bonds is 5. The van der Waals surface area contributed by atoms with Crippen molar-refractivity contribution in [1.29, 1.82) is 0 Å². The summed E-state index contributed by atoms with van der Waals surface area (Å²) in [6.07, 6.45) is 1.44. The van der Waals surface area contributed by atoms with E-state index < -0.39 is 4.92 Å². The SMILES string of the molecule is O=[N+]([O-])c1cc2c(Nc3ccc(Oc4ccccc4)cc3)ncnc2cc1C#C[C@@H]1[C@H]2CNC[C@@H]12. The first-order valence-corrected chi connectivity index (χ1v) is 11.4. The maximum Gasteiger partial charge on any atom is 0.285 e. The van der Waals surface area contributed by atoms with Crippen LogP contribution in [0.25, 0.3) is 10.9 Å². The summed E-state index contributed by atoms with van der Waals surface area (Å²) in [7, 11) is 0. The molecule has 35 heavy (non-hydrogen) atoms. The molecule has 2 aliphatic rings. The Morgan fingerprint density at radius 2 is 1.74 bits per heavy atom. The lowest BCUT2D eigenvalue weighted by atomic mass is 10.1. The van der Waals surface area contributed by atoms with Crippen molar-refractivity contribution in [3.8, 4) is 23.3 Å². The molecule has 3 atom stereocenters. The Hall–Kier alpha value is -4.48. The number of nitro groups is 1. The van der Waals surface area contributed by atoms with Gasteiger partial charge in [0.05, 0.1) is 10.4 Å². The molecular weight excluding hydrogens is 442 g/mol. The molecule has 2 fully saturated rings. The van der Waals surface area contributed by atoms with Crippen LogP contribution >= 0.6 is 0 Å². The second kappa shape index (κ2) is 8.70. The van der Waals surface area contributed by atoms with E-state index in [4.69, 9.17) is 4.74 Å². The molecule has 1 saturated carbocycles. The molecule has 172 valence electrons. The third kappa shape index (κ3) is 4.25. The molecule has 0 radical (unpaired) electrons. The summed E-state index contributed by atoms with van der Waals surface area (Å²) in [5.41, 5.74) is 1.70. The molecule has 8 nitrogen and oxygen atoms in total. The lowest BCUT2D eigenvalue weighted by Gasteiger charge is -2.10. The molecule has 2 heterocycles. The zero-order valence-electron chi connectivity index (χ0n) is 18.6. The van der Waals surface area contributed by atoms with E-state index in [9.17, 15) is 10.1 Å². The van der Waals surface area contributed by atoms with Crippen LogP contribution in [0.4, 0.5) is 17.2 Å². The largest absolute Gasteiger partial charge is 0.457 e. The Labute approximate surface area is 201 Å². The fourth-order valence-corrected chi connectivity index (χ4v) is 4.60. The van der Waals surface area contributed by atoms with Gasteiger partial charge in [-0.1, -0.05) is 30.0 Å². The van der Waals surface area contributed by atoms with E-state index in [2.05, 4.69) is 32.4 Å². The van der Waals surface area contributed by atoms with Crippen molar-refractivity contribution in [2.24, 2.45) is 17.8 Å². The average Bonchev–Trinajstić information content (AvgIpc) is 3.29. The number of hydrogen-bond donors (Lipinski definition) is 2. The number of hydrogen-bond acceptors (Lipinski definition) is 7. The van der Waals surface area contributed by atoms with Crippen molar-refractivity contribution in [3.63, 3.8) is 0 Å². The van der Waals surface area contributed by atoms with Crippen LogP contribution in [0.2, 0.25) is 0 Å². The molecule has 0 unspecified atom stereocenters. The van der Waals surface area contributed by atoms with E-state index in [0.717, 1.165) is 24.5 Å². The fraction of sp³-hybridized carbons (Fsp3) is 0.185. The molecular formula is C27H21N5O3. The third-order valence-electron chi connectivity index (χ3n) is 6.51. The lowest BCUT2D eigenvalue weighted by Crippen LogP contribution is -2.13. The van der Waals surface area contributed by atoms with Gasteiger partial charge in [0.2, 0.25) is 0 Å². The number of para-hydroxylation sites is 1. The van der Waals surface area contributed by atoms with E-state index in [-0.39, 0.29) is 5.69 Å². The summed E-state index contributed by atoms with van der Waals surface area (Å²) >= 11 is 0. The van der Waals surface area contributed by atoms with Gasteiger partial charge in [-0.2, -0.15) is 0 Å². The molecule has 0 amide bonds. The summed E-state index contributed by atoms with van der Waals surface area (Å²) in [6, 6.07) is 20.1. The number of nitrogens with one attached hydrogen (secondary N) is 2. The van der Waals surface area contributed by atoms with E-state index >= 15 is 0 Å². The van der Waals surface area contributed by atoms with E-state index in [1.165, 1.54) is 12.4 Å². The fourth-order valence-electron chi connectivity index (χ4n) is 4.60. The normalized spacial score (nSPS) is 19.9. The highest BCUT2D eigenvalue weighted by atomic mass is 16.6. The van der Waals surface area contributed by atoms with Crippen LogP contribution in [-0.2, 0) is 0 Å². The number of nitrogens with zero attached hydrogens (tertiary/aromatic N) is 3. The molecule has 1 saturated heterocycles. The summed E-state index contributed by atoms with van der Waals surface area (Å²) in [5, 5.41) is 19.0. The summed E-state index contributed by atoms with van der Waals surface area (Å²) in [4.78, 5) is 20.1. The molecule has 1 aromatic heterocycles. The van der Waals surface area contributed by atoms with Crippen molar-refractivity contribution >= 4 is 28.1 Å². The Balaban J connectivity index is 1.26. The van der Waals surface area contributed by atoms with Crippen LogP contribution in [0, 0.1) is 39.7 Å². The number of fused-ring (bicyclic) bond motifs is 2. The molecule has 0 spiro atoms. The highest BCUT2D eigenvalue weighted by Gasteiger charge is 2.51. The van der Waals surface area contributed by atoms with Crippen LogP contribution in [-0.4, -0.2) is 28.0 Å². The number of nitro benzene ring substituents is 1. The number of piperidine rings is 1. The van der Waals surface area contributed by atoms with Gasteiger partial charge < -0.3 is 15.4 Å². The number of ether oxygens (including phenoxy) is 1. The van der Waals surface area contributed by atoms with Gasteiger partial charge in [0, 0.05) is 23.1 Å². The van der Waals surface area contributed by atoms with E-state index in [1.54, 1.807) is 6.07 Å². The monoisotopic (exact) mass is 463 g/mol. The maximum absolute atomic E-state index is 11.8. The van der Waals surface area contributed by atoms with Gasteiger partial charge >= 0.3 is 0 Å². The molecule has 2 N–H and O–H groups in total. The first-order chi connectivity index (χ1) is 17.2. The smallest absolute Gasteiger partial charge is 0.285 e. The third-order valence-corrected chi connectivity index (χ3v) is 6.51. The summed E-state index contributed by atoms with van der Waals surface area (Å²) < 4.78 is 5.83. The van der Waals surface area contributed by atoms with Crippen LogP contribution in [0.3, 0.4) is 0 Å². The minimum atomic E-state index is -0.398. The standard InChI is InChI=1S/C27H21N5O3/c33-32(34)26-13-22-25(12-17(26)6-11-21-23-14-28-15-24(21)23)29-16-30-27(22)31-18-7-9-20(10-8-18)35-19-4-2-1-3-5-19/h1-5,7-10,12-13,16,21,23-24,28H,14-15H2,(H,29,30,31)/t21-,23-,24+. The van der Waals surface area contributed by atoms with Crippen LogP contribution in [0.15, 0.2) is 73.1 Å². The van der Waals surface area contributed by atoms with Gasteiger partial charge in [0.1, 0.15) is 29.2 Å². The first kappa shape index (κ1) is 21.1. The molecule has 1 aliphatic heterocycles. The van der Waals surface area contributed by atoms with Gasteiger partial charge in [-0.3, -0.25) is 10.1 Å². The minimum absolute atomic E-state index is 0.0432. The van der Waals surface area contributed by atoms with E-state index in [1.807, 2.05) is 54.6 Å². The second-order valence-electron chi connectivity index (χ2n) is 8.71. The zero-order chi connectivity index (χ0) is 23.8. The summed E-state index contributed by atoms with van der Waals surface area (Å²) in [6.45, 7) is 1.96. The van der Waals surface area contributed by atoms with Gasteiger partial charge in [-0.25, -0.2) is 9.97 Å². The predicted molar refractivity (Wildman–Crippen MR) is 133 cm³/mol. The molecule has 8 heteroatoms. The Morgan fingerprint density at radius 1 is 1.00 bits per heavy atom. The van der Waals surface area contributed by atoms with Crippen LogP contribution in [0.1, 0.15) is 5.56 Å².